The number of anilines is 1. The second-order valence-corrected chi connectivity index (χ2v) is 5.33. The van der Waals surface area contributed by atoms with Crippen molar-refractivity contribution >= 4 is 33.5 Å². The number of amides is 1. The summed E-state index contributed by atoms with van der Waals surface area (Å²) in [7, 11) is 0. The molecule has 1 aliphatic rings. The number of ether oxygens (including phenoxy) is 1. The Morgan fingerprint density at radius 3 is 2.75 bits per heavy atom. The molecular formula is C13H13BrFNO4. The number of hydrogen-bond donors (Lipinski definition) is 2. The minimum Gasteiger partial charge on any atom is -0.492 e. The monoisotopic (exact) mass is 345 g/mol. The highest BCUT2D eigenvalue weighted by molar-refractivity contribution is 9.10. The maximum absolute atomic E-state index is 13.5. The van der Waals surface area contributed by atoms with Gasteiger partial charge in [0.15, 0.2) is 0 Å². The third-order valence-electron chi connectivity index (χ3n) is 3.02. The molecule has 7 heteroatoms. The molecule has 0 aliphatic heterocycles. The Balaban J connectivity index is 2.14. The second kappa shape index (κ2) is 5.78. The summed E-state index contributed by atoms with van der Waals surface area (Å²) < 4.78 is 19.1. The number of halogens is 2. The van der Waals surface area contributed by atoms with Crippen molar-refractivity contribution in [2.45, 2.75) is 13.3 Å². The average molecular weight is 346 g/mol. The van der Waals surface area contributed by atoms with Crippen molar-refractivity contribution in [3.63, 3.8) is 0 Å². The molecule has 0 bridgehead atoms. The summed E-state index contributed by atoms with van der Waals surface area (Å²) in [6.07, 6.45) is 0.310. The van der Waals surface area contributed by atoms with Crippen molar-refractivity contribution in [3.8, 4) is 5.75 Å². The first-order valence-electron chi connectivity index (χ1n) is 6.09. The van der Waals surface area contributed by atoms with Gasteiger partial charge in [-0.15, -0.1) is 0 Å². The van der Waals surface area contributed by atoms with Gasteiger partial charge in [-0.05, 0) is 35.3 Å². The smallest absolute Gasteiger partial charge is 0.307 e. The highest BCUT2D eigenvalue weighted by atomic mass is 79.9. The molecule has 1 fully saturated rings. The third kappa shape index (κ3) is 3.09. The van der Waals surface area contributed by atoms with E-state index in [4.69, 9.17) is 9.84 Å². The molecule has 1 saturated carbocycles. The fourth-order valence-corrected chi connectivity index (χ4v) is 2.21. The van der Waals surface area contributed by atoms with E-state index in [-0.39, 0.29) is 10.2 Å². The van der Waals surface area contributed by atoms with Crippen molar-refractivity contribution in [2.75, 3.05) is 11.9 Å². The minimum absolute atomic E-state index is 0.202. The van der Waals surface area contributed by atoms with Crippen molar-refractivity contribution in [3.05, 3.63) is 22.4 Å². The molecule has 0 radical (unpaired) electrons. The Morgan fingerprint density at radius 2 is 2.20 bits per heavy atom. The number of carbonyl (C=O) groups is 2. The summed E-state index contributed by atoms with van der Waals surface area (Å²) in [5.41, 5.74) is 0.202. The molecular weight excluding hydrogens is 333 g/mol. The summed E-state index contributed by atoms with van der Waals surface area (Å²) in [4.78, 5) is 22.6. The molecule has 0 aromatic heterocycles. The molecule has 2 atom stereocenters. The van der Waals surface area contributed by atoms with E-state index >= 15 is 0 Å². The first kappa shape index (κ1) is 14.8. The van der Waals surface area contributed by atoms with Crippen molar-refractivity contribution < 1.29 is 23.8 Å². The van der Waals surface area contributed by atoms with Crippen molar-refractivity contribution in [2.24, 2.45) is 11.8 Å². The van der Waals surface area contributed by atoms with Gasteiger partial charge in [-0.2, -0.15) is 0 Å². The van der Waals surface area contributed by atoms with E-state index in [0.29, 0.717) is 18.8 Å². The maximum atomic E-state index is 13.5. The molecule has 108 valence electrons. The van der Waals surface area contributed by atoms with E-state index < -0.39 is 29.5 Å². The summed E-state index contributed by atoms with van der Waals surface area (Å²) in [5, 5.41) is 11.3. The quantitative estimate of drug-likeness (QED) is 0.860. The number of carboxylic acids is 1. The van der Waals surface area contributed by atoms with Crippen LogP contribution in [0.25, 0.3) is 0 Å². The number of aliphatic carboxylic acids is 1. The fraction of sp³-hybridized carbons (Fsp3) is 0.385. The molecule has 0 saturated heterocycles. The zero-order chi connectivity index (χ0) is 14.9. The van der Waals surface area contributed by atoms with Crippen molar-refractivity contribution in [1.82, 2.24) is 0 Å². The number of carbonyl (C=O) groups excluding carboxylic acids is 1. The highest BCUT2D eigenvalue weighted by Gasteiger charge is 2.48. The Bertz CT molecular complexity index is 564. The summed E-state index contributed by atoms with van der Waals surface area (Å²) in [6, 6.07) is 2.57. The molecule has 5 nitrogen and oxygen atoms in total. The molecule has 2 unspecified atom stereocenters. The Labute approximate surface area is 123 Å². The summed E-state index contributed by atoms with van der Waals surface area (Å²) in [6.45, 7) is 2.13. The van der Waals surface area contributed by atoms with E-state index in [9.17, 15) is 14.0 Å². The lowest BCUT2D eigenvalue weighted by molar-refractivity contribution is -0.139. The van der Waals surface area contributed by atoms with Crippen LogP contribution in [0.5, 0.6) is 5.75 Å². The second-order valence-electron chi connectivity index (χ2n) is 4.47. The molecule has 1 aliphatic carbocycles. The molecule has 2 N–H and O–H groups in total. The highest BCUT2D eigenvalue weighted by Crippen LogP contribution is 2.40. The Morgan fingerprint density at radius 1 is 1.50 bits per heavy atom. The van der Waals surface area contributed by atoms with E-state index in [1.165, 1.54) is 6.07 Å². The molecule has 1 aromatic rings. The predicted molar refractivity (Wildman–Crippen MR) is 73.1 cm³/mol. The molecule has 20 heavy (non-hydrogen) atoms. The Hall–Kier alpha value is -1.63. The number of rotatable bonds is 5. The third-order valence-corrected chi connectivity index (χ3v) is 3.63. The average Bonchev–Trinajstić information content (AvgIpc) is 3.16. The van der Waals surface area contributed by atoms with E-state index in [1.54, 1.807) is 6.92 Å². The topological polar surface area (TPSA) is 75.6 Å². The zero-order valence-corrected chi connectivity index (χ0v) is 12.2. The summed E-state index contributed by atoms with van der Waals surface area (Å²) in [5.74, 6) is -2.83. The van der Waals surface area contributed by atoms with Crippen LogP contribution in [0.1, 0.15) is 13.3 Å². The zero-order valence-electron chi connectivity index (χ0n) is 10.7. The van der Waals surface area contributed by atoms with Crippen LogP contribution >= 0.6 is 15.9 Å². The van der Waals surface area contributed by atoms with Crippen LogP contribution < -0.4 is 10.1 Å². The van der Waals surface area contributed by atoms with Gasteiger partial charge in [0.2, 0.25) is 5.91 Å². The van der Waals surface area contributed by atoms with Gasteiger partial charge in [-0.3, -0.25) is 9.59 Å². The first-order chi connectivity index (χ1) is 9.43. The predicted octanol–water partition coefficient (Wildman–Crippen LogP) is 2.65. The lowest BCUT2D eigenvalue weighted by Crippen LogP contribution is -2.17. The SMILES string of the molecule is CCOc1cc(Br)c(F)cc1NC(=O)C1CC1C(=O)O. The Kier molecular flexibility index (Phi) is 4.27. The van der Waals surface area contributed by atoms with Gasteiger partial charge in [0.25, 0.3) is 0 Å². The van der Waals surface area contributed by atoms with Crippen LogP contribution in [-0.2, 0) is 9.59 Å². The van der Waals surface area contributed by atoms with Gasteiger partial charge in [-0.25, -0.2) is 4.39 Å². The van der Waals surface area contributed by atoms with Gasteiger partial charge < -0.3 is 15.2 Å². The van der Waals surface area contributed by atoms with Gasteiger partial charge >= 0.3 is 5.97 Å². The first-order valence-corrected chi connectivity index (χ1v) is 6.88. The minimum atomic E-state index is -0.989. The van der Waals surface area contributed by atoms with Crippen LogP contribution in [-0.4, -0.2) is 23.6 Å². The van der Waals surface area contributed by atoms with E-state index in [0.717, 1.165) is 6.07 Å². The van der Waals surface area contributed by atoms with Gasteiger partial charge in [0.1, 0.15) is 11.6 Å². The van der Waals surface area contributed by atoms with Gasteiger partial charge in [-0.1, -0.05) is 0 Å². The molecule has 0 spiro atoms. The maximum Gasteiger partial charge on any atom is 0.307 e. The molecule has 2 rings (SSSR count). The number of hydrogen-bond acceptors (Lipinski definition) is 3. The van der Waals surface area contributed by atoms with Crippen LogP contribution in [0.2, 0.25) is 0 Å². The van der Waals surface area contributed by atoms with Crippen LogP contribution in [0, 0.1) is 17.7 Å². The normalized spacial score (nSPS) is 20.4. The van der Waals surface area contributed by atoms with Crippen molar-refractivity contribution in [1.29, 1.82) is 0 Å². The van der Waals surface area contributed by atoms with Crippen LogP contribution in [0.15, 0.2) is 16.6 Å². The standard InChI is InChI=1S/C13H13BrFNO4/c1-2-20-11-4-8(14)9(15)5-10(11)16-12(17)6-3-7(6)13(18)19/h4-7H,2-3H2,1H3,(H,16,17)(H,18,19). The lowest BCUT2D eigenvalue weighted by atomic mass is 10.2. The fourth-order valence-electron chi connectivity index (χ4n) is 1.88. The van der Waals surface area contributed by atoms with Crippen LogP contribution in [0.4, 0.5) is 10.1 Å². The molecule has 0 heterocycles. The molecule has 1 amide bonds. The molecule has 1 aromatic carbocycles. The number of nitrogens with one attached hydrogen (secondary N) is 1. The van der Waals surface area contributed by atoms with E-state index in [1.807, 2.05) is 0 Å². The van der Waals surface area contributed by atoms with Crippen LogP contribution in [0.3, 0.4) is 0 Å². The largest absolute Gasteiger partial charge is 0.492 e. The summed E-state index contributed by atoms with van der Waals surface area (Å²) >= 11 is 3.04. The number of carboxylic acid groups (broad SMARTS) is 1. The lowest BCUT2D eigenvalue weighted by Gasteiger charge is -2.12. The number of benzene rings is 1. The van der Waals surface area contributed by atoms with Gasteiger partial charge in [0, 0.05) is 6.07 Å². The van der Waals surface area contributed by atoms with Gasteiger partial charge in [0.05, 0.1) is 28.6 Å². The van der Waals surface area contributed by atoms with E-state index in [2.05, 4.69) is 21.2 Å².